The lowest BCUT2D eigenvalue weighted by atomic mass is 10.2. The Labute approximate surface area is 61.1 Å². The lowest BCUT2D eigenvalue weighted by molar-refractivity contribution is 0.549. The minimum absolute atomic E-state index is 0.129. The van der Waals surface area contributed by atoms with E-state index < -0.39 is 11.4 Å². The zero-order chi connectivity index (χ0) is 7.49. The molecular formula is C5H14BNOS. The van der Waals surface area contributed by atoms with E-state index in [1.807, 2.05) is 28.6 Å². The molecule has 0 heterocycles. The maximum absolute atomic E-state index is 11.1. The molecule has 0 saturated heterocycles. The molecule has 9 heavy (non-hydrogen) atoms. The first-order chi connectivity index (χ1) is 3.98. The standard InChI is InChI=1S/C5H14BNOS/c1-5(2,3)9(8)7-4-6/h7H,4,6H2,1-3H3. The van der Waals surface area contributed by atoms with Gasteiger partial charge in [0.15, 0.2) is 0 Å². The average molecular weight is 147 g/mol. The van der Waals surface area contributed by atoms with Gasteiger partial charge in [0.2, 0.25) is 0 Å². The summed E-state index contributed by atoms with van der Waals surface area (Å²) in [6.07, 6.45) is 0.768. The van der Waals surface area contributed by atoms with Crippen molar-refractivity contribution in [3.05, 3.63) is 0 Å². The van der Waals surface area contributed by atoms with Crippen LogP contribution in [-0.4, -0.2) is 23.6 Å². The first-order valence-corrected chi connectivity index (χ1v) is 4.29. The zero-order valence-electron chi connectivity index (χ0n) is 6.52. The van der Waals surface area contributed by atoms with Crippen LogP contribution in [0, 0.1) is 0 Å². The molecule has 0 aromatic heterocycles. The summed E-state index contributed by atoms with van der Waals surface area (Å²) in [6.45, 7) is 5.85. The molecule has 0 aromatic rings. The van der Waals surface area contributed by atoms with E-state index in [9.17, 15) is 4.55 Å². The zero-order valence-corrected chi connectivity index (χ0v) is 7.34. The minimum atomic E-state index is -0.887. The lowest BCUT2D eigenvalue weighted by Crippen LogP contribution is -2.39. The van der Waals surface area contributed by atoms with E-state index in [1.165, 1.54) is 0 Å². The summed E-state index contributed by atoms with van der Waals surface area (Å²) in [5.41, 5.74) is 0. The van der Waals surface area contributed by atoms with Crippen molar-refractivity contribution in [1.29, 1.82) is 0 Å². The highest BCUT2D eigenvalue weighted by atomic mass is 32.2. The quantitative estimate of drug-likeness (QED) is 0.427. The molecule has 0 amide bonds. The highest BCUT2D eigenvalue weighted by Crippen LogP contribution is 2.11. The topological polar surface area (TPSA) is 35.1 Å². The van der Waals surface area contributed by atoms with Crippen LogP contribution in [0.15, 0.2) is 0 Å². The van der Waals surface area contributed by atoms with E-state index >= 15 is 0 Å². The summed E-state index contributed by atoms with van der Waals surface area (Å²) in [5.74, 6) is 0. The highest BCUT2D eigenvalue weighted by Gasteiger charge is 2.24. The van der Waals surface area contributed by atoms with Crippen molar-refractivity contribution < 1.29 is 4.55 Å². The normalized spacial score (nSPS) is 15.6. The van der Waals surface area contributed by atoms with Gasteiger partial charge in [-0.1, -0.05) is 0 Å². The van der Waals surface area contributed by atoms with E-state index in [0.717, 1.165) is 6.44 Å². The van der Waals surface area contributed by atoms with E-state index in [2.05, 4.69) is 4.72 Å². The van der Waals surface area contributed by atoms with Crippen molar-refractivity contribution in [3.8, 4) is 0 Å². The second-order valence-corrected chi connectivity index (χ2v) is 4.93. The van der Waals surface area contributed by atoms with Gasteiger partial charge < -0.3 is 4.55 Å². The third kappa shape index (κ3) is 3.84. The lowest BCUT2D eigenvalue weighted by Gasteiger charge is -2.22. The number of nitrogens with one attached hydrogen (secondary N) is 1. The van der Waals surface area contributed by atoms with Crippen LogP contribution in [-0.2, 0) is 11.4 Å². The molecule has 1 N–H and O–H groups in total. The van der Waals surface area contributed by atoms with Crippen LogP contribution in [0.1, 0.15) is 20.8 Å². The van der Waals surface area contributed by atoms with Crippen LogP contribution < -0.4 is 4.72 Å². The fraction of sp³-hybridized carbons (Fsp3) is 1.00. The molecule has 0 saturated carbocycles. The fourth-order valence-electron chi connectivity index (χ4n) is 0.348. The Balaban J connectivity index is 3.59. The predicted molar refractivity (Wildman–Crippen MR) is 44.4 cm³/mol. The first kappa shape index (κ1) is 9.33. The Bertz CT molecular complexity index is 83.5. The predicted octanol–water partition coefficient (Wildman–Crippen LogP) is -0.371. The van der Waals surface area contributed by atoms with Gasteiger partial charge in [-0.3, -0.25) is 0 Å². The fourth-order valence-corrected chi connectivity index (χ4v) is 1.04. The molecule has 1 unspecified atom stereocenters. The molecule has 0 rings (SSSR count). The van der Waals surface area contributed by atoms with Crippen molar-refractivity contribution in [2.75, 3.05) is 6.44 Å². The number of hydrogen-bond acceptors (Lipinski definition) is 2. The van der Waals surface area contributed by atoms with Gasteiger partial charge in [0.25, 0.3) is 0 Å². The molecule has 0 bridgehead atoms. The van der Waals surface area contributed by atoms with E-state index in [0.29, 0.717) is 0 Å². The van der Waals surface area contributed by atoms with Crippen LogP contribution in [0.4, 0.5) is 0 Å². The third-order valence-corrected chi connectivity index (χ3v) is 2.49. The van der Waals surface area contributed by atoms with E-state index in [4.69, 9.17) is 0 Å². The summed E-state index contributed by atoms with van der Waals surface area (Å²) in [7, 11) is 1.95. The maximum Gasteiger partial charge on any atom is 0.136 e. The molecule has 1 atom stereocenters. The van der Waals surface area contributed by atoms with Crippen molar-refractivity contribution in [1.82, 2.24) is 4.72 Å². The largest absolute Gasteiger partial charge is 0.598 e. The van der Waals surface area contributed by atoms with E-state index in [1.54, 1.807) is 0 Å². The number of rotatable bonds is 2. The molecule has 0 aliphatic heterocycles. The van der Waals surface area contributed by atoms with Crippen LogP contribution in [0.5, 0.6) is 0 Å². The van der Waals surface area contributed by atoms with Gasteiger partial charge in [-0.2, -0.15) is 0 Å². The van der Waals surface area contributed by atoms with Crippen LogP contribution >= 0.6 is 0 Å². The molecule has 2 nitrogen and oxygen atoms in total. The van der Waals surface area contributed by atoms with Crippen molar-refractivity contribution in [3.63, 3.8) is 0 Å². The molecule has 54 valence electrons. The van der Waals surface area contributed by atoms with Gasteiger partial charge in [0.1, 0.15) is 12.6 Å². The summed E-state index contributed by atoms with van der Waals surface area (Å²) >= 11 is -0.887. The van der Waals surface area contributed by atoms with Gasteiger partial charge in [0.05, 0.1) is 0 Å². The van der Waals surface area contributed by atoms with Gasteiger partial charge in [-0.05, 0) is 20.8 Å². The SMILES string of the molecule is BCN[S+]([O-])C(C)(C)C. The Morgan fingerprint density at radius 3 is 2.11 bits per heavy atom. The minimum Gasteiger partial charge on any atom is -0.598 e. The molecule has 0 aliphatic rings. The first-order valence-electron chi connectivity index (χ1n) is 3.14. The monoisotopic (exact) mass is 147 g/mol. The van der Waals surface area contributed by atoms with Gasteiger partial charge in [-0.15, -0.1) is 4.72 Å². The molecule has 0 spiro atoms. The molecular weight excluding hydrogens is 133 g/mol. The summed E-state index contributed by atoms with van der Waals surface area (Å²) in [4.78, 5) is 0. The second kappa shape index (κ2) is 3.49. The average Bonchev–Trinajstić information content (AvgIpc) is 1.64. The Kier molecular flexibility index (Phi) is 3.62. The van der Waals surface area contributed by atoms with Gasteiger partial charge in [0, 0.05) is 17.8 Å². The van der Waals surface area contributed by atoms with Crippen molar-refractivity contribution in [2.45, 2.75) is 25.5 Å². The highest BCUT2D eigenvalue weighted by molar-refractivity contribution is 7.90. The summed E-state index contributed by atoms with van der Waals surface area (Å²) in [5, 5.41) is 0. The summed E-state index contributed by atoms with van der Waals surface area (Å²) < 4.78 is 13.8. The molecule has 4 heteroatoms. The second-order valence-electron chi connectivity index (χ2n) is 2.88. The van der Waals surface area contributed by atoms with Crippen molar-refractivity contribution >= 4 is 19.2 Å². The van der Waals surface area contributed by atoms with Gasteiger partial charge >= 0.3 is 0 Å². The number of hydrogen-bond donors (Lipinski definition) is 1. The molecule has 0 radical (unpaired) electrons. The molecule has 0 fully saturated rings. The summed E-state index contributed by atoms with van der Waals surface area (Å²) in [6, 6.07) is 0. The molecule has 0 aromatic carbocycles. The maximum atomic E-state index is 11.1. The Hall–Kier alpha value is 0.335. The third-order valence-electron chi connectivity index (χ3n) is 0.832. The van der Waals surface area contributed by atoms with Crippen molar-refractivity contribution in [2.24, 2.45) is 0 Å². The Morgan fingerprint density at radius 1 is 1.56 bits per heavy atom. The smallest absolute Gasteiger partial charge is 0.136 e. The Morgan fingerprint density at radius 2 is 2.00 bits per heavy atom. The van der Waals surface area contributed by atoms with Crippen LogP contribution in [0.25, 0.3) is 0 Å². The molecule has 0 aliphatic carbocycles. The van der Waals surface area contributed by atoms with Crippen LogP contribution in [0.3, 0.4) is 0 Å². The van der Waals surface area contributed by atoms with E-state index in [-0.39, 0.29) is 4.75 Å². The van der Waals surface area contributed by atoms with Gasteiger partial charge in [-0.25, -0.2) is 0 Å². The van der Waals surface area contributed by atoms with Crippen LogP contribution in [0.2, 0.25) is 0 Å².